The Hall–Kier alpha value is -3.90. The molecule has 0 aliphatic carbocycles. The number of allylic oxidation sites excluding steroid dienone is 4. The van der Waals surface area contributed by atoms with Gasteiger partial charge in [-0.25, -0.2) is 9.59 Å². The van der Waals surface area contributed by atoms with Crippen LogP contribution in [0.4, 0.5) is 0 Å². The number of carbonyl (C=O) groups is 2. The first-order valence-electron chi connectivity index (χ1n) is 6.52. The number of hydrogen-bond acceptors (Lipinski definition) is 4. The molecule has 0 atom stereocenters. The zero-order valence-electron chi connectivity index (χ0n) is 12.5. The van der Waals surface area contributed by atoms with Crippen molar-refractivity contribution in [2.45, 2.75) is 0 Å². The van der Waals surface area contributed by atoms with Crippen molar-refractivity contribution in [3.8, 4) is 12.1 Å². The number of carboxylic acids is 2. The highest BCUT2D eigenvalue weighted by Crippen LogP contribution is 2.26. The fraction of sp³-hybridized carbons (Fsp3) is 0. The van der Waals surface area contributed by atoms with E-state index < -0.39 is 23.1 Å². The average Bonchev–Trinajstić information content (AvgIpc) is 2.56. The molecule has 0 spiro atoms. The summed E-state index contributed by atoms with van der Waals surface area (Å²) in [5, 5.41) is 36.2. The molecular weight excluding hydrogens is 308 g/mol. The maximum absolute atomic E-state index is 11.1. The standard InChI is InChI=1S/C18H12N2O4/c1-3-13(15(9-19)17(21)22)11-6-5-7-12(8-11)14(4-2)16(10-20)18(23)24/h3-8H,1-2H2,(H,21,22)(H,23,24)/b15-13-,16-14-. The maximum atomic E-state index is 11.1. The lowest BCUT2D eigenvalue weighted by Gasteiger charge is -2.09. The predicted octanol–water partition coefficient (Wildman–Crippen LogP) is 2.78. The molecule has 6 nitrogen and oxygen atoms in total. The van der Waals surface area contributed by atoms with Gasteiger partial charge in [0.2, 0.25) is 0 Å². The number of nitrogens with zero attached hydrogens (tertiary/aromatic N) is 2. The van der Waals surface area contributed by atoms with Crippen LogP contribution in [0.3, 0.4) is 0 Å². The summed E-state index contributed by atoms with van der Waals surface area (Å²) in [7, 11) is 0. The summed E-state index contributed by atoms with van der Waals surface area (Å²) in [5.41, 5.74) is -0.116. The Balaban J connectivity index is 3.71. The largest absolute Gasteiger partial charge is 0.477 e. The van der Waals surface area contributed by atoms with Crippen molar-refractivity contribution in [3.05, 3.63) is 71.8 Å². The molecule has 24 heavy (non-hydrogen) atoms. The lowest BCUT2D eigenvalue weighted by atomic mass is 9.94. The molecule has 0 aliphatic rings. The smallest absolute Gasteiger partial charge is 0.347 e. The van der Waals surface area contributed by atoms with Crippen molar-refractivity contribution in [2.75, 3.05) is 0 Å². The molecule has 6 heteroatoms. The first-order valence-corrected chi connectivity index (χ1v) is 6.52. The lowest BCUT2D eigenvalue weighted by molar-refractivity contribution is -0.133. The third-order valence-corrected chi connectivity index (χ3v) is 3.08. The van der Waals surface area contributed by atoms with Crippen LogP contribution >= 0.6 is 0 Å². The highest BCUT2D eigenvalue weighted by atomic mass is 16.4. The quantitative estimate of drug-likeness (QED) is 0.472. The van der Waals surface area contributed by atoms with Gasteiger partial charge in [-0.3, -0.25) is 0 Å². The topological polar surface area (TPSA) is 122 Å². The summed E-state index contributed by atoms with van der Waals surface area (Å²) in [5.74, 6) is -2.80. The van der Waals surface area contributed by atoms with Crippen molar-refractivity contribution in [3.63, 3.8) is 0 Å². The predicted molar refractivity (Wildman–Crippen MR) is 87.2 cm³/mol. The van der Waals surface area contributed by atoms with E-state index in [4.69, 9.17) is 20.7 Å². The molecule has 0 amide bonds. The van der Waals surface area contributed by atoms with E-state index in [0.29, 0.717) is 11.1 Å². The van der Waals surface area contributed by atoms with E-state index in [2.05, 4.69) is 13.2 Å². The van der Waals surface area contributed by atoms with Gasteiger partial charge in [0.1, 0.15) is 23.3 Å². The second-order valence-corrected chi connectivity index (χ2v) is 4.40. The van der Waals surface area contributed by atoms with Crippen LogP contribution in [0.25, 0.3) is 11.1 Å². The zero-order chi connectivity index (χ0) is 18.3. The Kier molecular flexibility index (Phi) is 5.99. The van der Waals surface area contributed by atoms with Crippen LogP contribution in [0.15, 0.2) is 60.7 Å². The van der Waals surface area contributed by atoms with Gasteiger partial charge in [0.15, 0.2) is 0 Å². The van der Waals surface area contributed by atoms with Gasteiger partial charge in [0.25, 0.3) is 0 Å². The molecule has 0 aliphatic heterocycles. The van der Waals surface area contributed by atoms with Gasteiger partial charge in [-0.15, -0.1) is 0 Å². The van der Waals surface area contributed by atoms with Gasteiger partial charge >= 0.3 is 11.9 Å². The highest BCUT2D eigenvalue weighted by Gasteiger charge is 2.16. The van der Waals surface area contributed by atoms with Crippen molar-refractivity contribution in [1.29, 1.82) is 10.5 Å². The molecule has 0 saturated carbocycles. The SMILES string of the molecule is C=C/C(=C(\C#N)C(=O)O)c1cccc(/C(C=C)=C(/C#N)C(=O)O)c1. The minimum absolute atomic E-state index is 0.0871. The summed E-state index contributed by atoms with van der Waals surface area (Å²) < 4.78 is 0. The van der Waals surface area contributed by atoms with E-state index in [1.807, 2.05) is 0 Å². The summed E-state index contributed by atoms with van der Waals surface area (Å²) >= 11 is 0. The van der Waals surface area contributed by atoms with Gasteiger partial charge in [-0.2, -0.15) is 10.5 Å². The first-order chi connectivity index (χ1) is 11.4. The molecular formula is C18H12N2O4. The molecule has 0 heterocycles. The van der Waals surface area contributed by atoms with Crippen LogP contribution in [0, 0.1) is 22.7 Å². The van der Waals surface area contributed by atoms with E-state index in [9.17, 15) is 9.59 Å². The zero-order valence-corrected chi connectivity index (χ0v) is 12.5. The summed E-state index contributed by atoms with van der Waals surface area (Å²) in [6, 6.07) is 9.31. The summed E-state index contributed by atoms with van der Waals surface area (Å²) in [4.78, 5) is 22.3. The van der Waals surface area contributed by atoms with Crippen LogP contribution < -0.4 is 0 Å². The molecule has 118 valence electrons. The Morgan fingerprint density at radius 1 is 0.917 bits per heavy atom. The van der Waals surface area contributed by atoms with Crippen LogP contribution in [0.1, 0.15) is 11.1 Å². The van der Waals surface area contributed by atoms with Crippen molar-refractivity contribution < 1.29 is 19.8 Å². The second kappa shape index (κ2) is 7.92. The lowest BCUT2D eigenvalue weighted by Crippen LogP contribution is -2.03. The van der Waals surface area contributed by atoms with Crippen LogP contribution in [-0.4, -0.2) is 22.2 Å². The third kappa shape index (κ3) is 3.65. The van der Waals surface area contributed by atoms with Crippen LogP contribution in [0.2, 0.25) is 0 Å². The summed E-state index contributed by atoms with van der Waals surface area (Å²) in [6.07, 6.45) is 2.46. The molecule has 0 unspecified atom stereocenters. The maximum Gasteiger partial charge on any atom is 0.347 e. The molecule has 1 aromatic carbocycles. The molecule has 1 aromatic rings. The van der Waals surface area contributed by atoms with Crippen molar-refractivity contribution >= 4 is 23.1 Å². The van der Waals surface area contributed by atoms with E-state index in [-0.39, 0.29) is 11.1 Å². The molecule has 0 saturated heterocycles. The fourth-order valence-electron chi connectivity index (χ4n) is 2.03. The average molecular weight is 320 g/mol. The Morgan fingerprint density at radius 3 is 1.54 bits per heavy atom. The number of nitriles is 2. The highest BCUT2D eigenvalue weighted by molar-refractivity contribution is 6.04. The first kappa shape index (κ1) is 18.1. The molecule has 2 N–H and O–H groups in total. The van der Waals surface area contributed by atoms with E-state index in [0.717, 1.165) is 0 Å². The number of carboxylic acid groups (broad SMARTS) is 2. The molecule has 0 radical (unpaired) electrons. The van der Waals surface area contributed by atoms with E-state index in [1.165, 1.54) is 18.2 Å². The third-order valence-electron chi connectivity index (χ3n) is 3.08. The number of hydrogen-bond donors (Lipinski definition) is 2. The number of aliphatic carboxylic acids is 2. The minimum atomic E-state index is -1.40. The molecule has 0 aromatic heterocycles. The van der Waals surface area contributed by atoms with E-state index >= 15 is 0 Å². The van der Waals surface area contributed by atoms with Crippen LogP contribution in [-0.2, 0) is 9.59 Å². The van der Waals surface area contributed by atoms with Gasteiger partial charge in [0, 0.05) is 11.1 Å². The Bertz CT molecular complexity index is 808. The summed E-state index contributed by atoms with van der Waals surface area (Å²) in [6.45, 7) is 7.02. The Morgan fingerprint density at radius 2 is 1.29 bits per heavy atom. The van der Waals surface area contributed by atoms with Gasteiger partial charge in [0.05, 0.1) is 0 Å². The molecule has 0 fully saturated rings. The number of benzene rings is 1. The fourth-order valence-corrected chi connectivity index (χ4v) is 2.03. The van der Waals surface area contributed by atoms with Crippen LogP contribution in [0.5, 0.6) is 0 Å². The Labute approximate surface area is 138 Å². The second-order valence-electron chi connectivity index (χ2n) is 4.40. The van der Waals surface area contributed by atoms with Crippen molar-refractivity contribution in [2.24, 2.45) is 0 Å². The number of rotatable bonds is 6. The van der Waals surface area contributed by atoms with Crippen molar-refractivity contribution in [1.82, 2.24) is 0 Å². The molecule has 1 rings (SSSR count). The van der Waals surface area contributed by atoms with Gasteiger partial charge in [-0.05, 0) is 17.2 Å². The van der Waals surface area contributed by atoms with Gasteiger partial charge in [-0.1, -0.05) is 43.5 Å². The molecule has 0 bridgehead atoms. The monoisotopic (exact) mass is 320 g/mol. The normalized spacial score (nSPS) is 11.9. The van der Waals surface area contributed by atoms with E-state index in [1.54, 1.807) is 30.3 Å². The van der Waals surface area contributed by atoms with Gasteiger partial charge < -0.3 is 10.2 Å². The minimum Gasteiger partial charge on any atom is -0.477 e.